The van der Waals surface area contributed by atoms with Crippen LogP contribution in [0.2, 0.25) is 0 Å². The summed E-state index contributed by atoms with van der Waals surface area (Å²) in [4.78, 5) is 24.9. The van der Waals surface area contributed by atoms with Crippen LogP contribution in [-0.4, -0.2) is 76.0 Å². The lowest BCUT2D eigenvalue weighted by Crippen LogP contribution is -2.41. The van der Waals surface area contributed by atoms with Crippen molar-refractivity contribution in [2.45, 2.75) is 65.5 Å². The summed E-state index contributed by atoms with van der Waals surface area (Å²) in [6.07, 6.45) is 3.69. The van der Waals surface area contributed by atoms with Crippen LogP contribution in [0.4, 0.5) is 23.3 Å². The van der Waals surface area contributed by atoms with Gasteiger partial charge in [-0.05, 0) is 37.5 Å². The number of nitrogens with two attached hydrogens (primary N) is 1. The van der Waals surface area contributed by atoms with Gasteiger partial charge in [0, 0.05) is 51.4 Å². The van der Waals surface area contributed by atoms with Gasteiger partial charge >= 0.3 is 5.69 Å². The van der Waals surface area contributed by atoms with Gasteiger partial charge in [0.05, 0.1) is 4.92 Å². The molecule has 0 aliphatic carbocycles. The first-order valence-electron chi connectivity index (χ1n) is 12.0. The monoisotopic (exact) mass is 448 g/mol. The summed E-state index contributed by atoms with van der Waals surface area (Å²) in [5, 5.41) is 18.6. The van der Waals surface area contributed by atoms with Crippen molar-refractivity contribution in [3.05, 3.63) is 10.1 Å². The lowest BCUT2D eigenvalue weighted by atomic mass is 10.0. The highest BCUT2D eigenvalue weighted by molar-refractivity contribution is 5.71. The second-order valence-corrected chi connectivity index (χ2v) is 10.1. The van der Waals surface area contributed by atoms with E-state index in [0.29, 0.717) is 11.8 Å². The second kappa shape index (κ2) is 11.1. The lowest BCUT2D eigenvalue weighted by molar-refractivity contribution is -0.383. The zero-order valence-corrected chi connectivity index (χ0v) is 20.0. The Kier molecular flexibility index (Phi) is 8.47. The molecule has 0 bridgehead atoms. The number of aromatic nitrogens is 2. The number of nitro groups is 1. The number of hydrogen-bond acceptors (Lipinski definition) is 9. The molecule has 0 unspecified atom stereocenters. The molecule has 2 aliphatic heterocycles. The molecule has 32 heavy (non-hydrogen) atoms. The van der Waals surface area contributed by atoms with E-state index in [4.69, 9.17) is 5.73 Å². The molecule has 180 valence electrons. The van der Waals surface area contributed by atoms with Gasteiger partial charge in [-0.2, -0.15) is 9.97 Å². The van der Waals surface area contributed by atoms with Gasteiger partial charge in [0.25, 0.3) is 0 Å². The number of anilines is 3. The van der Waals surface area contributed by atoms with Crippen LogP contribution in [0.15, 0.2) is 0 Å². The van der Waals surface area contributed by atoms with Crippen LogP contribution in [0.3, 0.4) is 0 Å². The quantitative estimate of drug-likeness (QED) is 0.386. The molecule has 10 nitrogen and oxygen atoms in total. The van der Waals surface area contributed by atoms with Crippen molar-refractivity contribution in [3.8, 4) is 0 Å². The molecular formula is C22H40N8O2. The highest BCUT2D eigenvalue weighted by Gasteiger charge is 2.30. The fraction of sp³-hybridized carbons (Fsp3) is 0.818. The zero-order chi connectivity index (χ0) is 23.3. The van der Waals surface area contributed by atoms with Crippen LogP contribution in [0.5, 0.6) is 0 Å². The third-order valence-electron chi connectivity index (χ3n) is 6.19. The van der Waals surface area contributed by atoms with Crippen molar-refractivity contribution in [2.24, 2.45) is 11.8 Å². The van der Waals surface area contributed by atoms with Gasteiger partial charge < -0.3 is 26.2 Å². The van der Waals surface area contributed by atoms with E-state index in [1.54, 1.807) is 0 Å². The molecule has 0 aromatic carbocycles. The predicted molar refractivity (Wildman–Crippen MR) is 129 cm³/mol. The first-order chi connectivity index (χ1) is 15.2. The Labute approximate surface area is 191 Å². The van der Waals surface area contributed by atoms with Crippen LogP contribution in [0, 0.1) is 22.0 Å². The number of nitrogens with zero attached hydrogens (tertiary/aromatic N) is 5. The van der Waals surface area contributed by atoms with Crippen molar-refractivity contribution in [1.82, 2.24) is 19.8 Å². The van der Waals surface area contributed by atoms with E-state index >= 15 is 0 Å². The summed E-state index contributed by atoms with van der Waals surface area (Å²) in [5.41, 5.74) is 5.85. The van der Waals surface area contributed by atoms with E-state index in [2.05, 4.69) is 58.1 Å². The summed E-state index contributed by atoms with van der Waals surface area (Å²) < 4.78 is 0. The number of rotatable bonds is 9. The summed E-state index contributed by atoms with van der Waals surface area (Å²) >= 11 is 0. The smallest absolute Gasteiger partial charge is 0.353 e. The first-order valence-corrected chi connectivity index (χ1v) is 12.0. The van der Waals surface area contributed by atoms with E-state index in [9.17, 15) is 10.1 Å². The van der Waals surface area contributed by atoms with Crippen molar-refractivity contribution in [3.63, 3.8) is 0 Å². The average Bonchev–Trinajstić information content (AvgIpc) is 2.69. The van der Waals surface area contributed by atoms with E-state index < -0.39 is 4.92 Å². The molecular weight excluding hydrogens is 408 g/mol. The number of hydrogen-bond donors (Lipinski definition) is 3. The van der Waals surface area contributed by atoms with Crippen LogP contribution >= 0.6 is 0 Å². The Morgan fingerprint density at radius 3 is 1.59 bits per heavy atom. The maximum atomic E-state index is 12.0. The fourth-order valence-corrected chi connectivity index (χ4v) is 4.79. The van der Waals surface area contributed by atoms with E-state index in [-0.39, 0.29) is 35.4 Å². The number of nitrogen functional groups attached to an aromatic ring is 1. The Hall–Kier alpha value is -2.20. The van der Waals surface area contributed by atoms with Gasteiger partial charge in [-0.1, -0.05) is 27.7 Å². The number of piperidine rings is 2. The van der Waals surface area contributed by atoms with Crippen LogP contribution in [-0.2, 0) is 0 Å². The highest BCUT2D eigenvalue weighted by Crippen LogP contribution is 2.33. The SMILES string of the molecule is CC(C)CN1CCC(Nc2nc(N)nc(NC3CCN(CC(C)C)CC3)c2[N+](=O)[O-])CC1. The van der Waals surface area contributed by atoms with Gasteiger partial charge in [-0.25, -0.2) is 0 Å². The molecule has 2 saturated heterocycles. The highest BCUT2D eigenvalue weighted by atomic mass is 16.6. The molecule has 0 spiro atoms. The van der Waals surface area contributed by atoms with Crippen molar-refractivity contribution in [2.75, 3.05) is 55.6 Å². The zero-order valence-electron chi connectivity index (χ0n) is 20.0. The molecule has 0 saturated carbocycles. The first kappa shape index (κ1) is 24.4. The third kappa shape index (κ3) is 6.90. The van der Waals surface area contributed by atoms with Crippen LogP contribution < -0.4 is 16.4 Å². The summed E-state index contributed by atoms with van der Waals surface area (Å²) in [6, 6.07) is 0.275. The van der Waals surface area contributed by atoms with Gasteiger partial charge in [-0.15, -0.1) is 0 Å². The minimum atomic E-state index is -0.397. The van der Waals surface area contributed by atoms with Crippen LogP contribution in [0.25, 0.3) is 0 Å². The maximum absolute atomic E-state index is 12.0. The molecule has 1 aromatic heterocycles. The van der Waals surface area contributed by atoms with E-state index in [1.165, 1.54) is 0 Å². The Morgan fingerprint density at radius 1 is 0.906 bits per heavy atom. The third-order valence-corrected chi connectivity index (χ3v) is 6.19. The predicted octanol–water partition coefficient (Wildman–Crippen LogP) is 3.03. The second-order valence-electron chi connectivity index (χ2n) is 10.1. The molecule has 1 aromatic rings. The molecule has 2 aliphatic rings. The molecule has 0 amide bonds. The molecule has 4 N–H and O–H groups in total. The lowest BCUT2D eigenvalue weighted by Gasteiger charge is -2.34. The number of nitrogens with one attached hydrogen (secondary N) is 2. The summed E-state index contributed by atoms with van der Waals surface area (Å²) in [7, 11) is 0. The molecule has 0 radical (unpaired) electrons. The topological polar surface area (TPSA) is 125 Å². The fourth-order valence-electron chi connectivity index (χ4n) is 4.79. The van der Waals surface area contributed by atoms with Gasteiger partial charge in [0.1, 0.15) is 0 Å². The summed E-state index contributed by atoms with van der Waals surface area (Å²) in [6.45, 7) is 15.0. The van der Waals surface area contributed by atoms with Gasteiger partial charge in [0.15, 0.2) is 0 Å². The standard InChI is InChI=1S/C22H40N8O2/c1-15(2)13-28-9-5-17(6-10-28)24-20-19(30(31)32)21(27-22(23)26-20)25-18-7-11-29(12-8-18)14-16(3)4/h15-18H,5-14H2,1-4H3,(H4,23,24,25,26,27). The Balaban J connectivity index is 1.66. The average molecular weight is 449 g/mol. The van der Waals surface area contributed by atoms with E-state index in [0.717, 1.165) is 65.0 Å². The Morgan fingerprint density at radius 2 is 1.28 bits per heavy atom. The number of likely N-dealkylation sites (tertiary alicyclic amines) is 2. The molecule has 0 atom stereocenters. The summed E-state index contributed by atoms with van der Waals surface area (Å²) in [5.74, 6) is 1.77. The van der Waals surface area contributed by atoms with Crippen molar-refractivity contribution < 1.29 is 4.92 Å². The van der Waals surface area contributed by atoms with Crippen molar-refractivity contribution >= 4 is 23.3 Å². The maximum Gasteiger partial charge on any atom is 0.353 e. The molecule has 3 rings (SSSR count). The molecule has 3 heterocycles. The van der Waals surface area contributed by atoms with E-state index in [1.807, 2.05) is 0 Å². The minimum absolute atomic E-state index is 0.0510. The normalized spacial score (nSPS) is 19.6. The largest absolute Gasteiger partial charge is 0.368 e. The molecule has 2 fully saturated rings. The minimum Gasteiger partial charge on any atom is -0.368 e. The van der Waals surface area contributed by atoms with Crippen LogP contribution in [0.1, 0.15) is 53.4 Å². The molecule has 10 heteroatoms. The van der Waals surface area contributed by atoms with Gasteiger partial charge in [0.2, 0.25) is 17.6 Å². The Bertz CT molecular complexity index is 703. The van der Waals surface area contributed by atoms with Gasteiger partial charge in [-0.3, -0.25) is 10.1 Å². The van der Waals surface area contributed by atoms with Crippen molar-refractivity contribution in [1.29, 1.82) is 0 Å².